The molecule has 2 rings (SSSR count). The third kappa shape index (κ3) is 2.24. The van der Waals surface area contributed by atoms with Crippen molar-refractivity contribution in [3.8, 4) is 0 Å². The maximum atomic E-state index is 12.6. The summed E-state index contributed by atoms with van der Waals surface area (Å²) in [6.45, 7) is 5.25. The maximum Gasteiger partial charge on any atom is 0.262 e. The van der Waals surface area contributed by atoms with Gasteiger partial charge in [0.05, 0.1) is 6.33 Å². The predicted octanol–water partition coefficient (Wildman–Crippen LogP) is 0.669. The number of nitrogens with two attached hydrogens (primary N) is 1. The molecule has 2 atom stereocenters. The van der Waals surface area contributed by atoms with Crippen LogP contribution in [0.25, 0.3) is 0 Å². The molecule has 1 aliphatic heterocycles. The van der Waals surface area contributed by atoms with Gasteiger partial charge in [0.2, 0.25) is 0 Å². The van der Waals surface area contributed by atoms with E-state index in [9.17, 15) is 8.42 Å². The van der Waals surface area contributed by atoms with Crippen molar-refractivity contribution < 1.29 is 8.42 Å². The summed E-state index contributed by atoms with van der Waals surface area (Å²) in [6.07, 6.45) is 2.49. The van der Waals surface area contributed by atoms with E-state index in [0.29, 0.717) is 24.9 Å². The monoisotopic (exact) mass is 272 g/mol. The molecule has 1 aromatic heterocycles. The van der Waals surface area contributed by atoms with Crippen molar-refractivity contribution in [2.45, 2.75) is 25.3 Å². The molecule has 0 aromatic carbocycles. The van der Waals surface area contributed by atoms with Crippen molar-refractivity contribution >= 4 is 15.8 Å². The number of aromatic nitrogens is 2. The Morgan fingerprint density at radius 3 is 2.33 bits per heavy atom. The van der Waals surface area contributed by atoms with E-state index in [1.807, 2.05) is 0 Å². The number of nitrogen functional groups attached to an aromatic ring is 1. The first kappa shape index (κ1) is 13.4. The molecule has 18 heavy (non-hydrogen) atoms. The van der Waals surface area contributed by atoms with Gasteiger partial charge in [-0.3, -0.25) is 0 Å². The first-order valence-electron chi connectivity index (χ1n) is 6.09. The molecule has 1 fully saturated rings. The zero-order valence-corrected chi connectivity index (χ0v) is 11.8. The van der Waals surface area contributed by atoms with E-state index >= 15 is 0 Å². The Hall–Kier alpha value is -1.08. The third-order valence-corrected chi connectivity index (χ3v) is 5.29. The molecule has 0 saturated carbocycles. The molecule has 0 bridgehead atoms. The van der Waals surface area contributed by atoms with Crippen LogP contribution >= 0.6 is 0 Å². The molecule has 2 unspecified atom stereocenters. The van der Waals surface area contributed by atoms with Gasteiger partial charge in [0.25, 0.3) is 10.0 Å². The van der Waals surface area contributed by atoms with Gasteiger partial charge in [-0.15, -0.1) is 0 Å². The minimum Gasteiger partial charge on any atom is -0.381 e. The van der Waals surface area contributed by atoms with Crippen LogP contribution in [-0.4, -0.2) is 35.4 Å². The van der Waals surface area contributed by atoms with E-state index in [0.717, 1.165) is 6.42 Å². The van der Waals surface area contributed by atoms with Crippen LogP contribution < -0.4 is 5.73 Å². The van der Waals surface area contributed by atoms with E-state index < -0.39 is 10.0 Å². The number of sulfonamides is 1. The third-order valence-electron chi connectivity index (χ3n) is 3.33. The van der Waals surface area contributed by atoms with Crippen molar-refractivity contribution in [2.75, 3.05) is 18.8 Å². The normalized spacial score (nSPS) is 26.4. The number of rotatable bonds is 2. The molecule has 102 valence electrons. The summed E-state index contributed by atoms with van der Waals surface area (Å²) in [5.41, 5.74) is 5.67. The van der Waals surface area contributed by atoms with Crippen molar-refractivity contribution in [1.82, 2.24) is 13.9 Å². The first-order chi connectivity index (χ1) is 8.32. The highest BCUT2D eigenvalue weighted by atomic mass is 32.2. The van der Waals surface area contributed by atoms with Crippen LogP contribution in [0.5, 0.6) is 0 Å². The number of nitrogens with zero attached hydrogens (tertiary/aromatic N) is 3. The fraction of sp³-hybridized carbons (Fsp3) is 0.727. The quantitative estimate of drug-likeness (QED) is 0.858. The highest BCUT2D eigenvalue weighted by Gasteiger charge is 2.34. The van der Waals surface area contributed by atoms with Crippen LogP contribution in [0.3, 0.4) is 0 Å². The molecule has 1 saturated heterocycles. The van der Waals surface area contributed by atoms with Gasteiger partial charge < -0.3 is 10.3 Å². The predicted molar refractivity (Wildman–Crippen MR) is 69.3 cm³/mol. The number of aryl methyl sites for hydroxylation is 1. The van der Waals surface area contributed by atoms with Gasteiger partial charge in [-0.05, 0) is 18.3 Å². The molecule has 1 aliphatic rings. The van der Waals surface area contributed by atoms with Gasteiger partial charge in [0, 0.05) is 20.1 Å². The lowest BCUT2D eigenvalue weighted by Crippen LogP contribution is -2.43. The smallest absolute Gasteiger partial charge is 0.262 e. The molecular weight excluding hydrogens is 252 g/mol. The Balaban J connectivity index is 2.37. The molecule has 0 amide bonds. The van der Waals surface area contributed by atoms with E-state index in [-0.39, 0.29) is 10.8 Å². The fourth-order valence-corrected chi connectivity index (χ4v) is 4.55. The molecule has 2 N–H and O–H groups in total. The summed E-state index contributed by atoms with van der Waals surface area (Å²) in [5.74, 6) is 0.819. The molecule has 2 heterocycles. The van der Waals surface area contributed by atoms with Gasteiger partial charge in [-0.25, -0.2) is 13.4 Å². The molecule has 7 heteroatoms. The van der Waals surface area contributed by atoms with Gasteiger partial charge in [0.1, 0.15) is 0 Å². The second-order valence-electron chi connectivity index (χ2n) is 5.31. The van der Waals surface area contributed by atoms with Gasteiger partial charge in [-0.1, -0.05) is 13.8 Å². The highest BCUT2D eigenvalue weighted by Crippen LogP contribution is 2.28. The molecule has 0 radical (unpaired) electrons. The minimum absolute atomic E-state index is 0.0726. The van der Waals surface area contributed by atoms with Crippen molar-refractivity contribution in [3.05, 3.63) is 6.33 Å². The standard InChI is InChI=1S/C11H20N4O2S/c1-8-4-9(2)6-15(5-8)18(16,17)11-10(12)13-7-14(11)3/h7-9H,4-6,12H2,1-3H3. The van der Waals surface area contributed by atoms with Crippen LogP contribution in [0.1, 0.15) is 20.3 Å². The van der Waals surface area contributed by atoms with Crippen LogP contribution in [0.15, 0.2) is 11.4 Å². The average molecular weight is 272 g/mol. The van der Waals surface area contributed by atoms with E-state index in [4.69, 9.17) is 5.73 Å². The molecular formula is C11H20N4O2S. The molecule has 6 nitrogen and oxygen atoms in total. The zero-order valence-electron chi connectivity index (χ0n) is 11.0. The number of hydrogen-bond acceptors (Lipinski definition) is 4. The summed E-state index contributed by atoms with van der Waals surface area (Å²) in [7, 11) is -1.89. The van der Waals surface area contributed by atoms with Crippen molar-refractivity contribution in [3.63, 3.8) is 0 Å². The Bertz CT molecular complexity index is 508. The van der Waals surface area contributed by atoms with E-state index in [1.54, 1.807) is 7.05 Å². The topological polar surface area (TPSA) is 81.2 Å². The Kier molecular flexibility index (Phi) is 3.37. The summed E-state index contributed by atoms with van der Waals surface area (Å²) >= 11 is 0. The first-order valence-corrected chi connectivity index (χ1v) is 7.53. The fourth-order valence-electron chi connectivity index (χ4n) is 2.68. The van der Waals surface area contributed by atoms with Gasteiger partial charge >= 0.3 is 0 Å². The Labute approximate surface area is 108 Å². The maximum absolute atomic E-state index is 12.6. The molecule has 0 aliphatic carbocycles. The number of piperidine rings is 1. The van der Waals surface area contributed by atoms with Crippen molar-refractivity contribution in [2.24, 2.45) is 18.9 Å². The lowest BCUT2D eigenvalue weighted by Gasteiger charge is -2.33. The second kappa shape index (κ2) is 4.55. The van der Waals surface area contributed by atoms with E-state index in [2.05, 4.69) is 18.8 Å². The minimum atomic E-state index is -3.54. The second-order valence-corrected chi connectivity index (χ2v) is 7.17. The van der Waals surface area contributed by atoms with Gasteiger partial charge in [-0.2, -0.15) is 4.31 Å². The van der Waals surface area contributed by atoms with Crippen LogP contribution in [-0.2, 0) is 17.1 Å². The molecule has 0 spiro atoms. The Morgan fingerprint density at radius 2 is 1.89 bits per heavy atom. The lowest BCUT2D eigenvalue weighted by molar-refractivity contribution is 0.222. The van der Waals surface area contributed by atoms with Crippen LogP contribution in [0.4, 0.5) is 5.82 Å². The van der Waals surface area contributed by atoms with Crippen LogP contribution in [0.2, 0.25) is 0 Å². The highest BCUT2D eigenvalue weighted by molar-refractivity contribution is 7.89. The number of anilines is 1. The van der Waals surface area contributed by atoms with Gasteiger partial charge in [0.15, 0.2) is 10.8 Å². The SMILES string of the molecule is CC1CC(C)CN(S(=O)(=O)c2c(N)ncn2C)C1. The summed E-state index contributed by atoms with van der Waals surface area (Å²) in [4.78, 5) is 3.85. The zero-order chi connectivity index (χ0) is 13.5. The number of hydrogen-bond donors (Lipinski definition) is 1. The number of imidazole rings is 1. The average Bonchev–Trinajstić information content (AvgIpc) is 2.57. The van der Waals surface area contributed by atoms with Crippen molar-refractivity contribution in [1.29, 1.82) is 0 Å². The summed E-state index contributed by atoms with van der Waals surface area (Å²) in [6, 6.07) is 0. The molecule has 1 aromatic rings. The summed E-state index contributed by atoms with van der Waals surface area (Å²) in [5, 5.41) is 0.101. The van der Waals surface area contributed by atoms with E-state index in [1.165, 1.54) is 15.2 Å². The lowest BCUT2D eigenvalue weighted by atomic mass is 9.94. The van der Waals surface area contributed by atoms with Crippen LogP contribution in [0, 0.1) is 11.8 Å². The Morgan fingerprint density at radius 1 is 1.33 bits per heavy atom. The largest absolute Gasteiger partial charge is 0.381 e. The summed E-state index contributed by atoms with van der Waals surface area (Å²) < 4.78 is 28.1.